The van der Waals surface area contributed by atoms with Crippen molar-refractivity contribution < 1.29 is 14.6 Å². The van der Waals surface area contributed by atoms with Crippen molar-refractivity contribution in [2.75, 3.05) is 7.11 Å². The van der Waals surface area contributed by atoms with E-state index in [1.54, 1.807) is 19.3 Å². The Balaban J connectivity index is 1.60. The zero-order chi connectivity index (χ0) is 24.7. The summed E-state index contributed by atoms with van der Waals surface area (Å²) < 4.78 is 7.35. The van der Waals surface area contributed by atoms with Gasteiger partial charge in [0, 0.05) is 26.4 Å². The molecule has 0 fully saturated rings. The summed E-state index contributed by atoms with van der Waals surface area (Å²) in [5.74, 6) is -0.0753. The molecule has 8 heteroatoms. The van der Waals surface area contributed by atoms with Crippen molar-refractivity contribution in [3.63, 3.8) is 0 Å². The average Bonchev–Trinajstić information content (AvgIpc) is 3.51. The fourth-order valence-electron chi connectivity index (χ4n) is 4.35. The number of methoxy groups -OCH3 is 1. The van der Waals surface area contributed by atoms with Crippen molar-refractivity contribution in [2.24, 2.45) is 0 Å². The molecule has 5 nitrogen and oxygen atoms in total. The van der Waals surface area contributed by atoms with Crippen LogP contribution in [0, 0.1) is 0 Å². The summed E-state index contributed by atoms with van der Waals surface area (Å²) in [4.78, 5) is 11.9. The number of halogens is 2. The molecular formula is C27H22Cl2N2O3S. The van der Waals surface area contributed by atoms with Gasteiger partial charge in [-0.25, -0.2) is 4.79 Å². The van der Waals surface area contributed by atoms with Gasteiger partial charge >= 0.3 is 5.97 Å². The van der Waals surface area contributed by atoms with Crippen LogP contribution in [0.25, 0.3) is 33.3 Å². The SMILES string of the molecule is COc1ccc2cc(-c3cc(-c4cc(Cl)cc(Cl)c4)nn3C(C)C3CC=C(C(=O)O)S3)ccc2c1. The second-order valence-corrected chi connectivity index (χ2v) is 10.6. The van der Waals surface area contributed by atoms with E-state index >= 15 is 0 Å². The maximum absolute atomic E-state index is 11.5. The molecule has 35 heavy (non-hydrogen) atoms. The van der Waals surface area contributed by atoms with Crippen LogP contribution in [-0.2, 0) is 4.79 Å². The van der Waals surface area contributed by atoms with Gasteiger partial charge in [-0.2, -0.15) is 5.10 Å². The molecule has 1 aliphatic rings. The molecule has 1 aromatic heterocycles. The molecule has 0 saturated carbocycles. The quantitative estimate of drug-likeness (QED) is 0.279. The molecule has 0 aliphatic carbocycles. The van der Waals surface area contributed by atoms with Gasteiger partial charge in [-0.15, -0.1) is 11.8 Å². The zero-order valence-electron chi connectivity index (χ0n) is 19.0. The summed E-state index contributed by atoms with van der Waals surface area (Å²) in [6, 6.07) is 19.6. The number of aliphatic carboxylic acids is 1. The lowest BCUT2D eigenvalue weighted by Crippen LogP contribution is -2.19. The summed E-state index contributed by atoms with van der Waals surface area (Å²) in [5.41, 5.74) is 3.52. The molecule has 3 aromatic carbocycles. The molecule has 2 heterocycles. The van der Waals surface area contributed by atoms with Crippen molar-refractivity contribution in [3.8, 4) is 28.3 Å². The third kappa shape index (κ3) is 4.79. The monoisotopic (exact) mass is 524 g/mol. The molecule has 0 saturated heterocycles. The standard InChI is InChI=1S/C27H22Cl2N2O3S/c1-15(25-7-8-26(35-25)27(32)33)31-24(14-23(30-31)19-10-20(28)13-21(29)11-19)18-4-3-17-12-22(34-2)6-5-16(17)9-18/h3-6,8-15,25H,7H2,1-2H3,(H,32,33). The predicted octanol–water partition coefficient (Wildman–Crippen LogP) is 7.72. The molecule has 0 bridgehead atoms. The third-order valence-corrected chi connectivity index (χ3v) is 8.11. The smallest absolute Gasteiger partial charge is 0.341 e. The van der Waals surface area contributed by atoms with Gasteiger partial charge in [0.2, 0.25) is 0 Å². The number of aromatic nitrogens is 2. The molecule has 2 atom stereocenters. The molecule has 2 unspecified atom stereocenters. The number of fused-ring (bicyclic) bond motifs is 1. The largest absolute Gasteiger partial charge is 0.497 e. The molecule has 4 aromatic rings. The van der Waals surface area contributed by atoms with Gasteiger partial charge in [-0.1, -0.05) is 47.5 Å². The number of carboxylic acid groups (broad SMARTS) is 1. The third-order valence-electron chi connectivity index (χ3n) is 6.19. The fraction of sp³-hybridized carbons (Fsp3) is 0.185. The summed E-state index contributed by atoms with van der Waals surface area (Å²) in [6.07, 6.45) is 2.46. The highest BCUT2D eigenvalue weighted by molar-refractivity contribution is 8.04. The van der Waals surface area contributed by atoms with Crippen LogP contribution in [0.3, 0.4) is 0 Å². The number of nitrogens with zero attached hydrogens (tertiary/aromatic N) is 2. The van der Waals surface area contributed by atoms with Crippen LogP contribution in [0.2, 0.25) is 10.0 Å². The van der Waals surface area contributed by atoms with E-state index in [1.807, 2.05) is 41.1 Å². The zero-order valence-corrected chi connectivity index (χ0v) is 21.4. The van der Waals surface area contributed by atoms with Gasteiger partial charge in [-0.05, 0) is 66.6 Å². The second-order valence-electron chi connectivity index (χ2n) is 8.45. The molecular weight excluding hydrogens is 503 g/mol. The number of carboxylic acids is 1. The van der Waals surface area contributed by atoms with Crippen molar-refractivity contribution >= 4 is 51.7 Å². The minimum Gasteiger partial charge on any atom is -0.497 e. The number of carbonyl (C=O) groups is 1. The Morgan fingerprint density at radius 1 is 1.06 bits per heavy atom. The maximum Gasteiger partial charge on any atom is 0.341 e. The number of rotatable bonds is 6. The van der Waals surface area contributed by atoms with Crippen LogP contribution >= 0.6 is 35.0 Å². The highest BCUT2D eigenvalue weighted by Gasteiger charge is 2.30. The van der Waals surface area contributed by atoms with Crippen molar-refractivity contribution in [2.45, 2.75) is 24.6 Å². The first-order valence-corrected chi connectivity index (χ1v) is 12.7. The van der Waals surface area contributed by atoms with Crippen LogP contribution in [0.4, 0.5) is 0 Å². The van der Waals surface area contributed by atoms with E-state index in [0.29, 0.717) is 21.4 Å². The molecule has 1 aliphatic heterocycles. The first-order valence-electron chi connectivity index (χ1n) is 11.1. The number of hydrogen-bond donors (Lipinski definition) is 1. The van der Waals surface area contributed by atoms with E-state index in [9.17, 15) is 9.90 Å². The Kier molecular flexibility index (Phi) is 6.53. The van der Waals surface area contributed by atoms with E-state index < -0.39 is 5.97 Å². The minimum absolute atomic E-state index is 0.0558. The van der Waals surface area contributed by atoms with Gasteiger partial charge in [0.05, 0.1) is 29.4 Å². The molecule has 0 amide bonds. The lowest BCUT2D eigenvalue weighted by molar-refractivity contribution is -0.131. The van der Waals surface area contributed by atoms with Crippen LogP contribution < -0.4 is 4.74 Å². The lowest BCUT2D eigenvalue weighted by atomic mass is 10.0. The van der Waals surface area contributed by atoms with Crippen molar-refractivity contribution in [3.05, 3.63) is 81.7 Å². The van der Waals surface area contributed by atoms with Crippen molar-refractivity contribution in [1.29, 1.82) is 0 Å². The summed E-state index contributed by atoms with van der Waals surface area (Å²) in [6.45, 7) is 2.08. The summed E-state index contributed by atoms with van der Waals surface area (Å²) in [7, 11) is 1.66. The highest BCUT2D eigenvalue weighted by atomic mass is 35.5. The molecule has 178 valence electrons. The maximum atomic E-state index is 11.5. The number of thioether (sulfide) groups is 1. The Morgan fingerprint density at radius 2 is 1.77 bits per heavy atom. The lowest BCUT2D eigenvalue weighted by Gasteiger charge is -2.22. The first kappa shape index (κ1) is 23.8. The Hall–Kier alpha value is -2.93. The number of ether oxygens (including phenoxy) is 1. The van der Waals surface area contributed by atoms with Gasteiger partial charge < -0.3 is 9.84 Å². The Bertz CT molecular complexity index is 1460. The Morgan fingerprint density at radius 3 is 2.46 bits per heavy atom. The molecule has 1 N–H and O–H groups in total. The van der Waals surface area contributed by atoms with E-state index in [1.165, 1.54) is 11.8 Å². The van der Waals surface area contributed by atoms with Crippen LogP contribution in [0.1, 0.15) is 19.4 Å². The molecule has 5 rings (SSSR count). The topological polar surface area (TPSA) is 64.4 Å². The van der Waals surface area contributed by atoms with Crippen LogP contribution in [-0.4, -0.2) is 33.2 Å². The van der Waals surface area contributed by atoms with Crippen molar-refractivity contribution in [1.82, 2.24) is 9.78 Å². The van der Waals surface area contributed by atoms with E-state index in [2.05, 4.69) is 25.1 Å². The van der Waals surface area contributed by atoms with Gasteiger partial charge in [0.1, 0.15) is 5.75 Å². The minimum atomic E-state index is -0.885. The predicted molar refractivity (Wildman–Crippen MR) is 144 cm³/mol. The fourth-order valence-corrected chi connectivity index (χ4v) is 6.00. The number of hydrogen-bond acceptors (Lipinski definition) is 4. The summed E-state index contributed by atoms with van der Waals surface area (Å²) in [5, 5.41) is 17.7. The number of allylic oxidation sites excluding steroid dienone is 1. The summed E-state index contributed by atoms with van der Waals surface area (Å²) >= 11 is 13.9. The van der Waals surface area contributed by atoms with E-state index in [-0.39, 0.29) is 11.3 Å². The second kappa shape index (κ2) is 9.61. The molecule has 0 radical (unpaired) electrons. The van der Waals surface area contributed by atoms with Gasteiger partial charge in [0.15, 0.2) is 0 Å². The number of benzene rings is 3. The van der Waals surface area contributed by atoms with Crippen LogP contribution in [0.5, 0.6) is 5.75 Å². The first-order chi connectivity index (χ1) is 16.8. The Labute approximate surface area is 217 Å². The van der Waals surface area contributed by atoms with Crippen LogP contribution in [0.15, 0.2) is 71.6 Å². The van der Waals surface area contributed by atoms with Gasteiger partial charge in [0.25, 0.3) is 0 Å². The average molecular weight is 525 g/mol. The highest BCUT2D eigenvalue weighted by Crippen LogP contribution is 2.41. The molecule has 0 spiro atoms. The van der Waals surface area contributed by atoms with Gasteiger partial charge in [-0.3, -0.25) is 4.68 Å². The normalized spacial score (nSPS) is 16.3. The van der Waals surface area contributed by atoms with E-state index in [4.69, 9.17) is 33.0 Å². The van der Waals surface area contributed by atoms with E-state index in [0.717, 1.165) is 39.0 Å².